The lowest BCUT2D eigenvalue weighted by molar-refractivity contribution is -0.142. The van der Waals surface area contributed by atoms with Crippen LogP contribution in [0.4, 0.5) is 0 Å². The third kappa shape index (κ3) is 3.99. The van der Waals surface area contributed by atoms with Crippen LogP contribution in [0, 0.1) is 12.8 Å². The monoisotopic (exact) mass is 357 g/mol. The van der Waals surface area contributed by atoms with Gasteiger partial charge in [-0.1, -0.05) is 0 Å². The summed E-state index contributed by atoms with van der Waals surface area (Å²) in [6.45, 7) is 1.69. The highest BCUT2D eigenvalue weighted by atomic mass is 32.2. The molecule has 0 saturated heterocycles. The molecule has 134 valence electrons. The molecule has 1 aliphatic carbocycles. The number of hydrogen-bond acceptors (Lipinski definition) is 5. The molecule has 0 spiro atoms. The van der Waals surface area contributed by atoms with Crippen molar-refractivity contribution in [2.24, 2.45) is 5.92 Å². The minimum atomic E-state index is -3.72. The number of aliphatic carboxylic acids is 1. The van der Waals surface area contributed by atoms with Crippen LogP contribution in [0.3, 0.4) is 0 Å². The molecule has 7 nitrogen and oxygen atoms in total. The number of benzene rings is 1. The molecule has 0 aliphatic heterocycles. The minimum absolute atomic E-state index is 0.139. The number of aryl methyl sites for hydroxylation is 1. The topological polar surface area (TPSA) is 102 Å². The van der Waals surface area contributed by atoms with Gasteiger partial charge >= 0.3 is 5.97 Å². The van der Waals surface area contributed by atoms with Crippen LogP contribution in [-0.4, -0.2) is 39.8 Å². The van der Waals surface area contributed by atoms with Crippen LogP contribution in [0.15, 0.2) is 17.0 Å². The fourth-order valence-electron chi connectivity index (χ4n) is 2.99. The van der Waals surface area contributed by atoms with E-state index in [-0.39, 0.29) is 16.9 Å². The molecular weight excluding hydrogens is 334 g/mol. The fraction of sp³-hybridized carbons (Fsp3) is 0.562. The number of carboxylic acids is 1. The number of carbonyl (C=O) groups is 1. The Bertz CT molecular complexity index is 708. The molecule has 0 amide bonds. The van der Waals surface area contributed by atoms with Crippen molar-refractivity contribution in [3.63, 3.8) is 0 Å². The second-order valence-corrected chi connectivity index (χ2v) is 7.66. The van der Waals surface area contributed by atoms with E-state index in [9.17, 15) is 13.2 Å². The highest BCUT2D eigenvalue weighted by Crippen LogP contribution is 2.33. The number of nitrogens with one attached hydrogen (secondary N) is 1. The van der Waals surface area contributed by atoms with Crippen molar-refractivity contribution in [1.29, 1.82) is 0 Å². The SMILES string of the molecule is COc1cc(C)c(S(=O)(=O)NC2CCC(C(=O)O)CC2)cc1OC. The van der Waals surface area contributed by atoms with Crippen molar-refractivity contribution in [2.75, 3.05) is 14.2 Å². The van der Waals surface area contributed by atoms with Gasteiger partial charge in [-0.2, -0.15) is 0 Å². The van der Waals surface area contributed by atoms with Crippen molar-refractivity contribution < 1.29 is 27.8 Å². The predicted molar refractivity (Wildman–Crippen MR) is 88.0 cm³/mol. The summed E-state index contributed by atoms with van der Waals surface area (Å²) in [6.07, 6.45) is 1.99. The van der Waals surface area contributed by atoms with E-state index in [0.29, 0.717) is 42.7 Å². The van der Waals surface area contributed by atoms with Crippen LogP contribution in [-0.2, 0) is 14.8 Å². The summed E-state index contributed by atoms with van der Waals surface area (Å²) < 4.78 is 38.4. The first kappa shape index (κ1) is 18.5. The first-order chi connectivity index (χ1) is 11.3. The molecule has 1 saturated carbocycles. The number of methoxy groups -OCH3 is 2. The van der Waals surface area contributed by atoms with Gasteiger partial charge in [-0.25, -0.2) is 13.1 Å². The largest absolute Gasteiger partial charge is 0.493 e. The maximum atomic E-state index is 12.7. The Hall–Kier alpha value is -1.80. The zero-order valence-electron chi connectivity index (χ0n) is 14.0. The van der Waals surface area contributed by atoms with E-state index >= 15 is 0 Å². The van der Waals surface area contributed by atoms with Crippen LogP contribution in [0.5, 0.6) is 11.5 Å². The summed E-state index contributed by atoms with van der Waals surface area (Å²) in [5, 5.41) is 9.01. The Balaban J connectivity index is 2.18. The number of carboxylic acid groups (broad SMARTS) is 1. The van der Waals surface area contributed by atoms with E-state index in [4.69, 9.17) is 14.6 Å². The maximum Gasteiger partial charge on any atom is 0.306 e. The van der Waals surface area contributed by atoms with Gasteiger partial charge in [0, 0.05) is 12.1 Å². The van der Waals surface area contributed by atoms with E-state index < -0.39 is 16.0 Å². The van der Waals surface area contributed by atoms with Gasteiger partial charge in [0.25, 0.3) is 0 Å². The summed E-state index contributed by atoms with van der Waals surface area (Å²) in [5.41, 5.74) is 0.555. The maximum absolute atomic E-state index is 12.7. The zero-order chi connectivity index (χ0) is 17.9. The first-order valence-corrected chi connectivity index (χ1v) is 9.24. The molecule has 0 unspecified atom stereocenters. The standard InChI is InChI=1S/C16H23NO6S/c1-10-8-13(22-2)14(23-3)9-15(10)24(20,21)17-12-6-4-11(5-7-12)16(18)19/h8-9,11-12,17H,4-7H2,1-3H3,(H,18,19). The first-order valence-electron chi connectivity index (χ1n) is 7.76. The van der Waals surface area contributed by atoms with Crippen molar-refractivity contribution in [3.8, 4) is 11.5 Å². The molecular formula is C16H23NO6S. The molecule has 2 rings (SSSR count). The Morgan fingerprint density at radius 2 is 1.67 bits per heavy atom. The van der Waals surface area contributed by atoms with Crippen molar-refractivity contribution in [3.05, 3.63) is 17.7 Å². The second kappa shape index (κ2) is 7.40. The lowest BCUT2D eigenvalue weighted by atomic mass is 9.87. The number of hydrogen-bond donors (Lipinski definition) is 2. The summed E-state index contributed by atoms with van der Waals surface area (Å²) in [4.78, 5) is 11.1. The van der Waals surface area contributed by atoms with Gasteiger partial charge in [0.2, 0.25) is 10.0 Å². The van der Waals surface area contributed by atoms with Gasteiger partial charge in [-0.05, 0) is 44.2 Å². The molecule has 24 heavy (non-hydrogen) atoms. The van der Waals surface area contributed by atoms with E-state index in [0.717, 1.165) is 0 Å². The van der Waals surface area contributed by atoms with E-state index in [1.807, 2.05) is 0 Å². The van der Waals surface area contributed by atoms with Gasteiger partial charge in [0.05, 0.1) is 25.0 Å². The van der Waals surface area contributed by atoms with E-state index in [2.05, 4.69) is 4.72 Å². The molecule has 8 heteroatoms. The molecule has 0 bridgehead atoms. The van der Waals surface area contributed by atoms with Crippen LogP contribution >= 0.6 is 0 Å². The zero-order valence-corrected chi connectivity index (χ0v) is 14.9. The Morgan fingerprint density at radius 1 is 1.12 bits per heavy atom. The lowest BCUT2D eigenvalue weighted by Gasteiger charge is -2.27. The summed E-state index contributed by atoms with van der Waals surface area (Å²) in [5.74, 6) is -0.380. The summed E-state index contributed by atoms with van der Waals surface area (Å²) in [7, 11) is -0.780. The predicted octanol–water partition coefficient (Wildman–Crippen LogP) is 1.93. The highest BCUT2D eigenvalue weighted by Gasteiger charge is 2.30. The molecule has 1 aromatic rings. The fourth-order valence-corrected chi connectivity index (χ4v) is 4.54. The number of sulfonamides is 1. The summed E-state index contributed by atoms with van der Waals surface area (Å²) in [6, 6.07) is 2.81. The smallest absolute Gasteiger partial charge is 0.306 e. The molecule has 0 aromatic heterocycles. The van der Waals surface area contributed by atoms with Crippen molar-refractivity contribution in [1.82, 2.24) is 4.72 Å². The molecule has 2 N–H and O–H groups in total. The third-order valence-electron chi connectivity index (χ3n) is 4.37. The molecule has 0 heterocycles. The average molecular weight is 357 g/mol. The Kier molecular flexibility index (Phi) is 5.71. The van der Waals surface area contributed by atoms with Crippen molar-refractivity contribution >= 4 is 16.0 Å². The number of ether oxygens (including phenoxy) is 2. The molecule has 1 aromatic carbocycles. The normalized spacial score (nSPS) is 21.3. The van der Waals surface area contributed by atoms with Gasteiger partial charge in [0.1, 0.15) is 0 Å². The minimum Gasteiger partial charge on any atom is -0.493 e. The average Bonchev–Trinajstić information content (AvgIpc) is 2.54. The van der Waals surface area contributed by atoms with Gasteiger partial charge in [0.15, 0.2) is 11.5 Å². The van der Waals surface area contributed by atoms with Crippen LogP contribution < -0.4 is 14.2 Å². The van der Waals surface area contributed by atoms with Crippen LogP contribution in [0.1, 0.15) is 31.2 Å². The van der Waals surface area contributed by atoms with Crippen LogP contribution in [0.2, 0.25) is 0 Å². The Labute approximate surface area is 142 Å². The molecule has 1 fully saturated rings. The van der Waals surface area contributed by atoms with Gasteiger partial charge in [-0.15, -0.1) is 0 Å². The highest BCUT2D eigenvalue weighted by molar-refractivity contribution is 7.89. The van der Waals surface area contributed by atoms with E-state index in [1.165, 1.54) is 20.3 Å². The third-order valence-corrected chi connectivity index (χ3v) is 6.03. The van der Waals surface area contributed by atoms with Gasteiger partial charge < -0.3 is 14.6 Å². The van der Waals surface area contributed by atoms with Crippen molar-refractivity contribution in [2.45, 2.75) is 43.5 Å². The van der Waals surface area contributed by atoms with Crippen LogP contribution in [0.25, 0.3) is 0 Å². The molecule has 1 aliphatic rings. The molecule has 0 atom stereocenters. The second-order valence-electron chi connectivity index (χ2n) is 5.98. The quantitative estimate of drug-likeness (QED) is 0.807. The Morgan fingerprint density at radius 3 is 2.17 bits per heavy atom. The lowest BCUT2D eigenvalue weighted by Crippen LogP contribution is -2.38. The molecule has 0 radical (unpaired) electrons. The van der Waals surface area contributed by atoms with Gasteiger partial charge in [-0.3, -0.25) is 4.79 Å². The number of rotatable bonds is 6. The summed E-state index contributed by atoms with van der Waals surface area (Å²) >= 11 is 0. The van der Waals surface area contributed by atoms with E-state index in [1.54, 1.807) is 13.0 Å².